The molecule has 0 saturated carbocycles. The van der Waals surface area contributed by atoms with Gasteiger partial charge in [0.25, 0.3) is 0 Å². The van der Waals surface area contributed by atoms with Crippen molar-refractivity contribution in [3.63, 3.8) is 0 Å². The molecule has 0 atom stereocenters. The average Bonchev–Trinajstić information content (AvgIpc) is 2.36. The van der Waals surface area contributed by atoms with Crippen LogP contribution in [0.3, 0.4) is 0 Å². The van der Waals surface area contributed by atoms with Crippen molar-refractivity contribution < 1.29 is 50.0 Å². The summed E-state index contributed by atoms with van der Waals surface area (Å²) < 4.78 is 6.99. The molecule has 1 nitrogen and oxygen atoms in total. The molecule has 1 aliphatic carbocycles. The van der Waals surface area contributed by atoms with Gasteiger partial charge < -0.3 is 24.8 Å². The number of ether oxygens (including phenoxy) is 1. The molecule has 14 heavy (non-hydrogen) atoms. The molecule has 0 radical (unpaired) electrons. The van der Waals surface area contributed by atoms with E-state index in [1.807, 2.05) is 0 Å². The molecular weight excluding hydrogens is 255 g/mol. The maximum atomic E-state index is 5.48. The predicted octanol–water partition coefficient (Wildman–Crippen LogP) is -3.43. The fourth-order valence-electron chi connectivity index (χ4n) is 1.19. The van der Waals surface area contributed by atoms with E-state index in [0.717, 1.165) is 19.4 Å². The van der Waals surface area contributed by atoms with Gasteiger partial charge in [0.15, 0.2) is 0 Å². The zero-order valence-electron chi connectivity index (χ0n) is 8.52. The van der Waals surface area contributed by atoms with E-state index in [-0.39, 0.29) is 24.8 Å². The molecule has 0 saturated heterocycles. The minimum Gasteiger partial charge on any atom is -1.00 e. The number of hydrogen-bond acceptors (Lipinski definition) is 1. The maximum Gasteiger partial charge on any atom is -1.00 e. The second-order valence-electron chi connectivity index (χ2n) is 3.28. The van der Waals surface area contributed by atoms with Crippen LogP contribution in [-0.2, 0) is 25.2 Å². The predicted molar refractivity (Wildman–Crippen MR) is 46.5 cm³/mol. The number of allylic oxidation sites excluding steroid dienone is 3. The molecule has 79 valence electrons. The van der Waals surface area contributed by atoms with Crippen molar-refractivity contribution in [2.24, 2.45) is 0 Å². The molecule has 0 aromatic carbocycles. The van der Waals surface area contributed by atoms with Gasteiger partial charge in [-0.3, -0.25) is 0 Å². The van der Waals surface area contributed by atoms with Crippen molar-refractivity contribution in [2.75, 3.05) is 6.61 Å². The standard InChI is InChI=1S/C10H15O.2ClH.Ti/c1-9(2)11-8-7-10-5-3-4-6-10;;;/h3,5,9H,4,7-8H2,1-2H3;2*1H;/q;;;+2/p-2. The molecule has 0 fully saturated rings. The molecule has 0 aromatic rings. The topological polar surface area (TPSA) is 9.23 Å². The van der Waals surface area contributed by atoms with Gasteiger partial charge in [0.2, 0.25) is 0 Å². The minimum absolute atomic E-state index is 0. The van der Waals surface area contributed by atoms with Crippen molar-refractivity contribution in [2.45, 2.75) is 32.8 Å². The first kappa shape index (κ1) is 17.1. The van der Waals surface area contributed by atoms with Gasteiger partial charge in [0, 0.05) is 0 Å². The van der Waals surface area contributed by atoms with E-state index < -0.39 is 0 Å². The van der Waals surface area contributed by atoms with E-state index in [0.29, 0.717) is 6.10 Å². The average molecular weight is 270 g/mol. The van der Waals surface area contributed by atoms with E-state index in [1.165, 1.54) is 9.45 Å². The summed E-state index contributed by atoms with van der Waals surface area (Å²) in [6.45, 7) is 5.01. The van der Waals surface area contributed by atoms with Crippen LogP contribution < -0.4 is 24.8 Å². The zero-order valence-corrected chi connectivity index (χ0v) is 11.6. The Kier molecular flexibility index (Phi) is 11.0. The van der Waals surface area contributed by atoms with E-state index in [4.69, 9.17) is 4.74 Å². The van der Waals surface area contributed by atoms with Gasteiger partial charge in [-0.1, -0.05) is 0 Å². The molecule has 0 amide bonds. The van der Waals surface area contributed by atoms with Gasteiger partial charge in [-0.2, -0.15) is 0 Å². The Hall–Kier alpha value is 0.734. The van der Waals surface area contributed by atoms with E-state index in [1.54, 1.807) is 0 Å². The zero-order chi connectivity index (χ0) is 8.97. The Labute approximate surface area is 111 Å². The van der Waals surface area contributed by atoms with Gasteiger partial charge in [-0.25, -0.2) is 0 Å². The summed E-state index contributed by atoms with van der Waals surface area (Å²) in [5.74, 6) is 0. The van der Waals surface area contributed by atoms with Crippen LogP contribution in [0.25, 0.3) is 0 Å². The molecule has 1 rings (SSSR count). The Morgan fingerprint density at radius 2 is 2.07 bits per heavy atom. The normalized spacial score (nSPS) is 14.4. The van der Waals surface area contributed by atoms with E-state index in [2.05, 4.69) is 46.4 Å². The first-order chi connectivity index (χ1) is 5.70. The van der Waals surface area contributed by atoms with Gasteiger partial charge in [-0.05, 0) is 0 Å². The van der Waals surface area contributed by atoms with Gasteiger partial charge in [0.1, 0.15) is 0 Å². The van der Waals surface area contributed by atoms with Gasteiger partial charge in [-0.15, -0.1) is 0 Å². The maximum absolute atomic E-state index is 5.48. The summed E-state index contributed by atoms with van der Waals surface area (Å²) in [5, 5.41) is 0. The molecule has 0 spiro atoms. The molecule has 0 heterocycles. The molecular formula is C10H15Cl2OTi. The first-order valence-electron chi connectivity index (χ1n) is 4.42. The number of halogens is 2. The third-order valence-electron chi connectivity index (χ3n) is 1.85. The monoisotopic (exact) mass is 269 g/mol. The van der Waals surface area contributed by atoms with Crippen LogP contribution in [0.5, 0.6) is 0 Å². The molecule has 0 bridgehead atoms. The van der Waals surface area contributed by atoms with Crippen molar-refractivity contribution in [3.8, 4) is 0 Å². The summed E-state index contributed by atoms with van der Waals surface area (Å²) in [5.41, 5.74) is 1.47. The number of hydrogen-bond donors (Lipinski definition) is 0. The minimum atomic E-state index is 0. The Morgan fingerprint density at radius 1 is 1.43 bits per heavy atom. The smallest absolute Gasteiger partial charge is 1.00 e. The molecule has 0 aromatic heterocycles. The molecule has 4 heteroatoms. The van der Waals surface area contributed by atoms with Crippen molar-refractivity contribution in [1.29, 1.82) is 0 Å². The summed E-state index contributed by atoms with van der Waals surface area (Å²) in [7, 11) is 0. The van der Waals surface area contributed by atoms with Crippen LogP contribution in [0.1, 0.15) is 26.7 Å². The van der Waals surface area contributed by atoms with Crippen molar-refractivity contribution in [1.82, 2.24) is 0 Å². The largest absolute Gasteiger partial charge is 1.00 e. The molecule has 0 unspecified atom stereocenters. The number of rotatable bonds is 4. The Balaban J connectivity index is 0. The molecule has 0 aliphatic heterocycles. The van der Waals surface area contributed by atoms with Gasteiger partial charge in [0.05, 0.1) is 0 Å². The Bertz CT molecular complexity index is 212. The molecule has 1 aliphatic rings. The summed E-state index contributed by atoms with van der Waals surface area (Å²) in [6.07, 6.45) is 7.01. The first-order valence-corrected chi connectivity index (χ1v) is 5.20. The summed E-state index contributed by atoms with van der Waals surface area (Å²) in [6, 6.07) is 0. The fourth-order valence-corrected chi connectivity index (χ4v) is 1.70. The third kappa shape index (κ3) is 6.26. The summed E-state index contributed by atoms with van der Waals surface area (Å²) >= 11 is 2.20. The quantitative estimate of drug-likeness (QED) is 0.483. The summed E-state index contributed by atoms with van der Waals surface area (Å²) in [4.78, 5) is 0. The second-order valence-corrected chi connectivity index (χ2v) is 4.22. The fraction of sp³-hybridized carbons (Fsp3) is 0.600. The molecule has 0 N–H and O–H groups in total. The van der Waals surface area contributed by atoms with Crippen LogP contribution in [0.4, 0.5) is 0 Å². The van der Waals surface area contributed by atoms with E-state index in [9.17, 15) is 0 Å². The van der Waals surface area contributed by atoms with Crippen LogP contribution in [0.2, 0.25) is 0 Å². The Morgan fingerprint density at radius 3 is 2.50 bits per heavy atom. The van der Waals surface area contributed by atoms with Gasteiger partial charge >= 0.3 is 86.2 Å². The van der Waals surface area contributed by atoms with Crippen LogP contribution in [0.15, 0.2) is 21.6 Å². The van der Waals surface area contributed by atoms with Crippen LogP contribution in [0, 0.1) is 0 Å². The van der Waals surface area contributed by atoms with Crippen molar-refractivity contribution in [3.05, 3.63) is 21.6 Å². The van der Waals surface area contributed by atoms with E-state index >= 15 is 0 Å². The second kappa shape index (κ2) is 9.00. The SMILES string of the molecule is CC(C)OCCC1=[C]([Ti+2])CC=C1.[Cl-].[Cl-]. The van der Waals surface area contributed by atoms with Crippen LogP contribution >= 0.6 is 0 Å². The van der Waals surface area contributed by atoms with Crippen molar-refractivity contribution >= 4 is 0 Å². The third-order valence-corrected chi connectivity index (χ3v) is 2.67. The van der Waals surface area contributed by atoms with Crippen LogP contribution in [-0.4, -0.2) is 12.7 Å².